The maximum Gasteiger partial charge on any atom is 0.453 e. The van der Waals surface area contributed by atoms with Crippen molar-refractivity contribution in [3.8, 4) is 5.75 Å². The smallest absolute Gasteiger partial charge is 0.453 e. The van der Waals surface area contributed by atoms with Gasteiger partial charge >= 0.3 is 12.1 Å². The molecule has 1 aliphatic heterocycles. The quantitative estimate of drug-likeness (QED) is 0.807. The van der Waals surface area contributed by atoms with Gasteiger partial charge in [0.15, 0.2) is 0 Å². The molecule has 0 bridgehead atoms. The van der Waals surface area contributed by atoms with Crippen molar-refractivity contribution in [3.05, 3.63) is 35.7 Å². The number of aromatic nitrogens is 3. The van der Waals surface area contributed by atoms with Crippen molar-refractivity contribution in [1.82, 2.24) is 14.9 Å². The van der Waals surface area contributed by atoms with Crippen LogP contribution in [-0.2, 0) is 15.7 Å². The molecule has 0 spiro atoms. The van der Waals surface area contributed by atoms with Crippen LogP contribution in [-0.4, -0.2) is 39.8 Å². The maximum atomic E-state index is 13.1. The number of carbonyl (C=O) groups is 1. The van der Waals surface area contributed by atoms with Gasteiger partial charge in [0.25, 0.3) is 5.82 Å². The van der Waals surface area contributed by atoms with Crippen LogP contribution in [0.25, 0.3) is 0 Å². The summed E-state index contributed by atoms with van der Waals surface area (Å²) in [4.78, 5) is 12.3. The first-order valence-electron chi connectivity index (χ1n) is 7.61. The van der Waals surface area contributed by atoms with E-state index in [0.717, 1.165) is 16.4 Å². The number of benzene rings is 1. The van der Waals surface area contributed by atoms with E-state index in [4.69, 9.17) is 9.47 Å². The Kier molecular flexibility index (Phi) is 4.99. The Morgan fingerprint density at radius 2 is 2.00 bits per heavy atom. The minimum atomic E-state index is -4.68. The van der Waals surface area contributed by atoms with E-state index in [1.807, 2.05) is 0 Å². The third-order valence-electron chi connectivity index (χ3n) is 3.68. The molecule has 3 rings (SSSR count). The topological polar surface area (TPSA) is 78.3 Å². The number of alkyl halides is 3. The van der Waals surface area contributed by atoms with Crippen LogP contribution >= 0.6 is 11.8 Å². The van der Waals surface area contributed by atoms with Crippen molar-refractivity contribution >= 4 is 17.7 Å². The highest BCUT2D eigenvalue weighted by atomic mass is 32.2. The summed E-state index contributed by atoms with van der Waals surface area (Å²) < 4.78 is 50.3. The number of hydrogen-bond donors (Lipinski definition) is 1. The van der Waals surface area contributed by atoms with E-state index in [1.54, 1.807) is 31.2 Å². The van der Waals surface area contributed by atoms with Crippen molar-refractivity contribution in [2.45, 2.75) is 29.5 Å². The average molecular weight is 388 g/mol. The molecule has 2 atom stereocenters. The molecular formula is C15H15F3N4O3S. The van der Waals surface area contributed by atoms with Gasteiger partial charge in [-0.3, -0.25) is 4.79 Å². The molecule has 1 aromatic heterocycles. The minimum absolute atomic E-state index is 0.0554. The number of ether oxygens (including phenoxy) is 2. The third-order valence-corrected chi connectivity index (χ3v) is 4.88. The number of rotatable bonds is 4. The van der Waals surface area contributed by atoms with Gasteiger partial charge in [0.1, 0.15) is 11.0 Å². The van der Waals surface area contributed by atoms with Gasteiger partial charge in [0.05, 0.1) is 19.8 Å². The highest BCUT2D eigenvalue weighted by molar-refractivity contribution is 8.00. The van der Waals surface area contributed by atoms with Gasteiger partial charge < -0.3 is 14.9 Å². The van der Waals surface area contributed by atoms with Gasteiger partial charge in [-0.1, -0.05) is 23.9 Å². The first kappa shape index (κ1) is 18.4. The molecule has 26 heavy (non-hydrogen) atoms. The molecule has 2 aromatic rings. The first-order valence-corrected chi connectivity index (χ1v) is 8.49. The largest absolute Gasteiger partial charge is 0.497 e. The van der Waals surface area contributed by atoms with E-state index in [1.165, 1.54) is 7.11 Å². The second-order valence-electron chi connectivity index (χ2n) is 5.31. The minimum Gasteiger partial charge on any atom is -0.497 e. The van der Waals surface area contributed by atoms with Crippen molar-refractivity contribution in [2.75, 3.05) is 19.1 Å². The van der Waals surface area contributed by atoms with Crippen LogP contribution in [0.5, 0.6) is 5.75 Å². The molecule has 7 nitrogen and oxygen atoms in total. The Labute approximate surface area is 150 Å². The Bertz CT molecular complexity index is 794. The van der Waals surface area contributed by atoms with Crippen LogP contribution < -0.4 is 10.2 Å². The lowest BCUT2D eigenvalue weighted by Gasteiger charge is -2.32. The fourth-order valence-corrected chi connectivity index (χ4v) is 3.58. The van der Waals surface area contributed by atoms with Crippen LogP contribution in [0, 0.1) is 0 Å². The summed E-state index contributed by atoms with van der Waals surface area (Å²) in [6.45, 7) is 1.82. The van der Waals surface area contributed by atoms with Gasteiger partial charge in [-0.25, -0.2) is 4.68 Å². The third kappa shape index (κ3) is 3.43. The number of methoxy groups -OCH3 is 1. The summed E-state index contributed by atoms with van der Waals surface area (Å²) in [6.07, 6.45) is -4.68. The monoisotopic (exact) mass is 388 g/mol. The zero-order valence-electron chi connectivity index (χ0n) is 13.8. The normalized spacial score (nSPS) is 19.4. The second-order valence-corrected chi connectivity index (χ2v) is 6.42. The Hall–Kier alpha value is -2.43. The molecule has 0 saturated heterocycles. The number of hydrogen-bond acceptors (Lipinski definition) is 7. The lowest BCUT2D eigenvalue weighted by molar-refractivity contribution is -0.147. The van der Waals surface area contributed by atoms with Crippen molar-refractivity contribution in [3.63, 3.8) is 0 Å². The number of carbonyl (C=O) groups excluding carboxylic acids is 1. The lowest BCUT2D eigenvalue weighted by atomic mass is 10.0. The molecule has 11 heteroatoms. The molecule has 140 valence electrons. The van der Waals surface area contributed by atoms with E-state index in [0.29, 0.717) is 11.3 Å². The number of fused-ring (bicyclic) bond motifs is 1. The summed E-state index contributed by atoms with van der Waals surface area (Å²) >= 11 is 0.876. The van der Waals surface area contributed by atoms with Crippen molar-refractivity contribution < 1.29 is 27.4 Å². The van der Waals surface area contributed by atoms with Crippen molar-refractivity contribution in [1.29, 1.82) is 0 Å². The molecule has 0 saturated carbocycles. The van der Waals surface area contributed by atoms with Crippen LogP contribution in [0.4, 0.5) is 13.2 Å². The van der Waals surface area contributed by atoms with E-state index in [9.17, 15) is 18.0 Å². The van der Waals surface area contributed by atoms with Gasteiger partial charge in [-0.05, 0) is 24.6 Å². The van der Waals surface area contributed by atoms with Crippen LogP contribution in [0.3, 0.4) is 0 Å². The van der Waals surface area contributed by atoms with E-state index in [-0.39, 0.29) is 11.8 Å². The fraction of sp³-hybridized carbons (Fsp3) is 0.400. The van der Waals surface area contributed by atoms with Crippen LogP contribution in [0.15, 0.2) is 29.4 Å². The van der Waals surface area contributed by atoms with Crippen LogP contribution in [0.1, 0.15) is 24.4 Å². The highest BCUT2D eigenvalue weighted by Crippen LogP contribution is 2.40. The predicted molar refractivity (Wildman–Crippen MR) is 86.4 cm³/mol. The van der Waals surface area contributed by atoms with Crippen LogP contribution in [0.2, 0.25) is 0 Å². The molecular weight excluding hydrogens is 373 g/mol. The molecule has 0 amide bonds. The summed E-state index contributed by atoms with van der Waals surface area (Å²) in [5, 5.41) is 5.86. The zero-order valence-corrected chi connectivity index (χ0v) is 14.6. The molecule has 0 aliphatic carbocycles. The number of nitrogens with zero attached hydrogens (tertiary/aromatic N) is 3. The standard InChI is InChI=1S/C15H15F3N4O3S/c1-3-25-12(23)11-10(8-4-6-9(24-2)7-5-8)21-22-13(15(16,17)18)19-20-14(22)26-11/h4-7,10-11,21H,3H2,1-2H3/t10-,11-/m0/s1. The summed E-state index contributed by atoms with van der Waals surface area (Å²) in [7, 11) is 1.50. The fourth-order valence-electron chi connectivity index (χ4n) is 2.50. The Balaban J connectivity index is 2.00. The zero-order chi connectivity index (χ0) is 18.9. The van der Waals surface area contributed by atoms with E-state index < -0.39 is 29.3 Å². The van der Waals surface area contributed by atoms with Gasteiger partial charge in [-0.15, -0.1) is 10.2 Å². The van der Waals surface area contributed by atoms with Gasteiger partial charge in [0, 0.05) is 0 Å². The molecule has 0 radical (unpaired) electrons. The SMILES string of the molecule is CCOC(=O)[C@H]1Sc2nnc(C(F)(F)F)n2N[C@H]1c1ccc(OC)cc1. The highest BCUT2D eigenvalue weighted by Gasteiger charge is 2.44. The Morgan fingerprint density at radius 3 is 2.58 bits per heavy atom. The molecule has 1 aliphatic rings. The number of nitrogens with one attached hydrogen (secondary N) is 1. The molecule has 0 fully saturated rings. The maximum absolute atomic E-state index is 13.1. The Morgan fingerprint density at radius 1 is 1.31 bits per heavy atom. The number of thioether (sulfide) groups is 1. The molecule has 1 aromatic carbocycles. The summed E-state index contributed by atoms with van der Waals surface area (Å²) in [5.74, 6) is -1.14. The van der Waals surface area contributed by atoms with Gasteiger partial charge in [0.2, 0.25) is 5.16 Å². The van der Waals surface area contributed by atoms with E-state index in [2.05, 4.69) is 15.6 Å². The second kappa shape index (κ2) is 7.06. The molecule has 0 unspecified atom stereocenters. The summed E-state index contributed by atoms with van der Waals surface area (Å²) in [5.41, 5.74) is 3.31. The first-order chi connectivity index (χ1) is 12.3. The molecule has 2 heterocycles. The summed E-state index contributed by atoms with van der Waals surface area (Å²) in [6, 6.07) is 5.90. The number of halogens is 3. The lowest BCUT2D eigenvalue weighted by Crippen LogP contribution is -2.40. The number of esters is 1. The average Bonchev–Trinajstić information content (AvgIpc) is 3.04. The molecule has 1 N–H and O–H groups in total. The predicted octanol–water partition coefficient (Wildman–Crippen LogP) is 2.63. The van der Waals surface area contributed by atoms with Gasteiger partial charge in [-0.2, -0.15) is 13.2 Å². The van der Waals surface area contributed by atoms with Crippen molar-refractivity contribution in [2.24, 2.45) is 0 Å². The van der Waals surface area contributed by atoms with E-state index >= 15 is 0 Å².